The smallest absolute Gasteiger partial charge is 0.246 e. The topological polar surface area (TPSA) is 77.7 Å². The third-order valence-electron chi connectivity index (χ3n) is 3.71. The Kier molecular flexibility index (Phi) is 6.02. The van der Waals surface area contributed by atoms with Gasteiger partial charge in [0, 0.05) is 17.5 Å². The molecule has 0 aliphatic carbocycles. The summed E-state index contributed by atoms with van der Waals surface area (Å²) >= 11 is 0. The fraction of sp³-hybridized carbons (Fsp3) is 0.421. The first-order chi connectivity index (χ1) is 12.3. The van der Waals surface area contributed by atoms with E-state index in [1.165, 1.54) is 0 Å². The number of rotatable bonds is 7. The highest BCUT2D eigenvalue weighted by atomic mass is 16.5. The highest BCUT2D eigenvalue weighted by molar-refractivity contribution is 5.81. The van der Waals surface area contributed by atoms with Gasteiger partial charge in [0.2, 0.25) is 17.6 Å². The van der Waals surface area contributed by atoms with E-state index >= 15 is 0 Å². The molecule has 140 valence electrons. The lowest BCUT2D eigenvalue weighted by Crippen LogP contribution is -2.39. The SMILES string of the molecule is C=CCN(Cc1nc(-c2ccc(OC)c(OC)c2)no1)C(=O)C(C)(C)C. The Morgan fingerprint density at radius 3 is 2.54 bits per heavy atom. The lowest BCUT2D eigenvalue weighted by Gasteiger charge is -2.27. The fourth-order valence-corrected chi connectivity index (χ4v) is 2.42. The zero-order valence-electron chi connectivity index (χ0n) is 15.9. The van der Waals surface area contributed by atoms with Crippen LogP contribution in [-0.4, -0.2) is 41.7 Å². The van der Waals surface area contributed by atoms with Crippen molar-refractivity contribution in [3.63, 3.8) is 0 Å². The second-order valence-corrected chi connectivity index (χ2v) is 6.81. The molecule has 0 N–H and O–H groups in total. The number of carbonyl (C=O) groups is 1. The lowest BCUT2D eigenvalue weighted by atomic mass is 9.94. The van der Waals surface area contributed by atoms with Gasteiger partial charge in [-0.1, -0.05) is 32.0 Å². The Morgan fingerprint density at radius 2 is 1.96 bits per heavy atom. The van der Waals surface area contributed by atoms with Crippen LogP contribution in [-0.2, 0) is 11.3 Å². The minimum absolute atomic E-state index is 0.0109. The van der Waals surface area contributed by atoms with Crippen LogP contribution in [0.2, 0.25) is 0 Å². The minimum Gasteiger partial charge on any atom is -0.493 e. The molecule has 0 spiro atoms. The van der Waals surface area contributed by atoms with Gasteiger partial charge in [-0.2, -0.15) is 4.98 Å². The number of methoxy groups -OCH3 is 2. The summed E-state index contributed by atoms with van der Waals surface area (Å²) in [5, 5.41) is 4.01. The molecule has 0 radical (unpaired) electrons. The van der Waals surface area contributed by atoms with Gasteiger partial charge in [0.1, 0.15) is 6.54 Å². The van der Waals surface area contributed by atoms with Crippen molar-refractivity contribution in [3.05, 3.63) is 36.7 Å². The van der Waals surface area contributed by atoms with E-state index < -0.39 is 5.41 Å². The molecule has 0 aliphatic rings. The van der Waals surface area contributed by atoms with Crippen molar-refractivity contribution in [2.75, 3.05) is 20.8 Å². The number of nitrogens with zero attached hydrogens (tertiary/aromatic N) is 3. The predicted molar refractivity (Wildman–Crippen MR) is 97.9 cm³/mol. The Morgan fingerprint density at radius 1 is 1.27 bits per heavy atom. The molecule has 1 aromatic carbocycles. The Bertz CT molecular complexity index is 777. The van der Waals surface area contributed by atoms with E-state index in [4.69, 9.17) is 14.0 Å². The number of ether oxygens (including phenoxy) is 2. The second kappa shape index (κ2) is 8.03. The molecule has 7 heteroatoms. The van der Waals surface area contributed by atoms with Crippen molar-refractivity contribution in [2.24, 2.45) is 5.41 Å². The van der Waals surface area contributed by atoms with Gasteiger partial charge in [-0.25, -0.2) is 0 Å². The number of benzene rings is 1. The van der Waals surface area contributed by atoms with Gasteiger partial charge in [0.15, 0.2) is 11.5 Å². The van der Waals surface area contributed by atoms with Gasteiger partial charge in [-0.05, 0) is 18.2 Å². The minimum atomic E-state index is -0.505. The van der Waals surface area contributed by atoms with Crippen LogP contribution in [0.15, 0.2) is 35.4 Å². The molecule has 0 fully saturated rings. The van der Waals surface area contributed by atoms with Gasteiger partial charge < -0.3 is 18.9 Å². The molecule has 0 bridgehead atoms. The highest BCUT2D eigenvalue weighted by Gasteiger charge is 2.28. The quantitative estimate of drug-likeness (QED) is 0.706. The van der Waals surface area contributed by atoms with Crippen molar-refractivity contribution in [1.29, 1.82) is 0 Å². The average molecular weight is 359 g/mol. The number of hydrogen-bond acceptors (Lipinski definition) is 6. The van der Waals surface area contributed by atoms with Crippen molar-refractivity contribution in [1.82, 2.24) is 15.0 Å². The maximum atomic E-state index is 12.5. The fourth-order valence-electron chi connectivity index (χ4n) is 2.42. The second-order valence-electron chi connectivity index (χ2n) is 6.81. The summed E-state index contributed by atoms with van der Waals surface area (Å²) < 4.78 is 15.9. The first-order valence-electron chi connectivity index (χ1n) is 8.25. The van der Waals surface area contributed by atoms with Gasteiger partial charge in [0.05, 0.1) is 14.2 Å². The van der Waals surface area contributed by atoms with E-state index in [1.54, 1.807) is 37.3 Å². The molecule has 0 saturated carbocycles. The molecule has 1 heterocycles. The van der Waals surface area contributed by atoms with E-state index in [9.17, 15) is 4.79 Å². The van der Waals surface area contributed by atoms with E-state index in [0.717, 1.165) is 5.56 Å². The molecule has 1 aromatic heterocycles. The summed E-state index contributed by atoms with van der Waals surface area (Å²) in [5.41, 5.74) is 0.227. The normalized spacial score (nSPS) is 11.1. The summed E-state index contributed by atoms with van der Waals surface area (Å²) in [5.74, 6) is 1.96. The third kappa shape index (κ3) is 4.41. The van der Waals surface area contributed by atoms with Crippen molar-refractivity contribution in [3.8, 4) is 22.9 Å². The number of amides is 1. The molecule has 0 unspecified atom stereocenters. The van der Waals surface area contributed by atoms with Crippen LogP contribution in [0.4, 0.5) is 0 Å². The van der Waals surface area contributed by atoms with Gasteiger partial charge >= 0.3 is 0 Å². The van der Waals surface area contributed by atoms with Crippen LogP contribution < -0.4 is 9.47 Å². The molecule has 1 amide bonds. The summed E-state index contributed by atoms with van der Waals surface area (Å²) in [4.78, 5) is 18.6. The van der Waals surface area contributed by atoms with E-state index in [2.05, 4.69) is 16.7 Å². The van der Waals surface area contributed by atoms with Crippen LogP contribution in [0.5, 0.6) is 11.5 Å². The summed E-state index contributed by atoms with van der Waals surface area (Å²) in [7, 11) is 3.14. The largest absolute Gasteiger partial charge is 0.493 e. The van der Waals surface area contributed by atoms with Gasteiger partial charge in [-0.3, -0.25) is 4.79 Å². The molecule has 26 heavy (non-hydrogen) atoms. The van der Waals surface area contributed by atoms with Crippen LogP contribution >= 0.6 is 0 Å². The standard InChI is InChI=1S/C19H25N3O4/c1-7-10-22(18(23)19(2,3)4)12-16-20-17(21-26-16)13-8-9-14(24-5)15(11-13)25-6/h7-9,11H,1,10,12H2,2-6H3. The molecular weight excluding hydrogens is 334 g/mol. The third-order valence-corrected chi connectivity index (χ3v) is 3.71. The zero-order valence-corrected chi connectivity index (χ0v) is 15.9. The predicted octanol–water partition coefficient (Wildman–Crippen LogP) is 3.31. The van der Waals surface area contributed by atoms with Crippen LogP contribution in [0.3, 0.4) is 0 Å². The summed E-state index contributed by atoms with van der Waals surface area (Å²) in [6, 6.07) is 5.37. The molecular formula is C19H25N3O4. The zero-order chi connectivity index (χ0) is 19.3. The van der Waals surface area contributed by atoms with E-state index in [0.29, 0.717) is 29.8 Å². The van der Waals surface area contributed by atoms with Crippen LogP contribution in [0.1, 0.15) is 26.7 Å². The van der Waals surface area contributed by atoms with Crippen LogP contribution in [0.25, 0.3) is 11.4 Å². The van der Waals surface area contributed by atoms with Gasteiger partial charge in [-0.15, -0.1) is 6.58 Å². The average Bonchev–Trinajstić information content (AvgIpc) is 3.07. The lowest BCUT2D eigenvalue weighted by molar-refractivity contribution is -0.139. The monoisotopic (exact) mass is 359 g/mol. The Hall–Kier alpha value is -2.83. The van der Waals surface area contributed by atoms with Crippen molar-refractivity contribution < 1.29 is 18.8 Å². The first-order valence-corrected chi connectivity index (χ1v) is 8.25. The van der Waals surface area contributed by atoms with Gasteiger partial charge in [0.25, 0.3) is 0 Å². The molecule has 2 aromatic rings. The number of aromatic nitrogens is 2. The van der Waals surface area contributed by atoms with E-state index in [-0.39, 0.29) is 12.5 Å². The van der Waals surface area contributed by atoms with Crippen molar-refractivity contribution >= 4 is 5.91 Å². The molecule has 0 atom stereocenters. The molecule has 7 nitrogen and oxygen atoms in total. The number of hydrogen-bond donors (Lipinski definition) is 0. The highest BCUT2D eigenvalue weighted by Crippen LogP contribution is 2.31. The maximum Gasteiger partial charge on any atom is 0.246 e. The maximum absolute atomic E-state index is 12.5. The summed E-state index contributed by atoms with van der Waals surface area (Å²) in [6.07, 6.45) is 1.68. The Labute approximate surface area is 153 Å². The molecule has 0 aliphatic heterocycles. The molecule has 0 saturated heterocycles. The molecule has 2 rings (SSSR count). The van der Waals surface area contributed by atoms with Crippen molar-refractivity contribution in [2.45, 2.75) is 27.3 Å². The number of carbonyl (C=O) groups excluding carboxylic acids is 1. The van der Waals surface area contributed by atoms with Crippen LogP contribution in [0, 0.1) is 5.41 Å². The summed E-state index contributed by atoms with van der Waals surface area (Å²) in [6.45, 7) is 9.95. The first kappa shape index (κ1) is 19.5. The van der Waals surface area contributed by atoms with E-state index in [1.807, 2.05) is 26.8 Å². The Balaban J connectivity index is 2.23.